The fraction of sp³-hybridized carbons (Fsp3) is 0.471. The third-order valence-electron chi connectivity index (χ3n) is 4.00. The van der Waals surface area contributed by atoms with Gasteiger partial charge in [0.05, 0.1) is 12.8 Å². The van der Waals surface area contributed by atoms with Gasteiger partial charge in [-0.05, 0) is 25.0 Å². The first-order chi connectivity index (χ1) is 11.9. The first-order valence-corrected chi connectivity index (χ1v) is 8.51. The number of nitrogens with zero attached hydrogens (tertiary/aromatic N) is 1. The molecule has 0 aromatic heterocycles. The van der Waals surface area contributed by atoms with E-state index in [0.29, 0.717) is 22.9 Å². The van der Waals surface area contributed by atoms with Gasteiger partial charge in [-0.2, -0.15) is 0 Å². The van der Waals surface area contributed by atoms with Gasteiger partial charge >= 0.3 is 6.03 Å². The Labute approximate surface area is 151 Å². The van der Waals surface area contributed by atoms with Crippen LogP contribution in [-0.2, 0) is 9.59 Å². The van der Waals surface area contributed by atoms with Gasteiger partial charge in [0.15, 0.2) is 0 Å². The molecule has 0 unspecified atom stereocenters. The first-order valence-electron chi connectivity index (χ1n) is 8.13. The molecule has 1 saturated heterocycles. The summed E-state index contributed by atoms with van der Waals surface area (Å²) in [7, 11) is 1.48. The van der Waals surface area contributed by atoms with Crippen LogP contribution in [0.25, 0.3) is 0 Å². The van der Waals surface area contributed by atoms with Crippen molar-refractivity contribution in [3.05, 3.63) is 22.7 Å². The molecule has 0 saturated carbocycles. The molecule has 0 radical (unpaired) electrons. The van der Waals surface area contributed by atoms with Crippen LogP contribution in [0.1, 0.15) is 31.7 Å². The highest BCUT2D eigenvalue weighted by atomic mass is 35.5. The topological polar surface area (TPSA) is 87.7 Å². The number of aryl methyl sites for hydroxylation is 1. The zero-order chi connectivity index (χ0) is 18.6. The Morgan fingerprint density at radius 1 is 1.40 bits per heavy atom. The summed E-state index contributed by atoms with van der Waals surface area (Å²) in [6.45, 7) is 3.79. The minimum absolute atomic E-state index is 0.00281. The van der Waals surface area contributed by atoms with Crippen molar-refractivity contribution >= 4 is 35.1 Å². The molecule has 0 bridgehead atoms. The van der Waals surface area contributed by atoms with Gasteiger partial charge in [-0.3, -0.25) is 14.5 Å². The number of rotatable bonds is 7. The summed E-state index contributed by atoms with van der Waals surface area (Å²) in [6, 6.07) is 2.40. The number of carbonyl (C=O) groups excluding carboxylic acids is 3. The smallest absolute Gasteiger partial charge is 0.324 e. The maximum atomic E-state index is 12.2. The molecule has 0 aliphatic carbocycles. The Hall–Kier alpha value is -2.28. The molecule has 8 heteroatoms. The SMILES string of the molecule is CCC[C@H]1NC(=O)N(CCC(=O)Nc2cc(C)c(Cl)cc2OC)C1=O. The highest BCUT2D eigenvalue weighted by Gasteiger charge is 2.37. The van der Waals surface area contributed by atoms with E-state index in [2.05, 4.69) is 10.6 Å². The van der Waals surface area contributed by atoms with E-state index in [1.54, 1.807) is 12.1 Å². The van der Waals surface area contributed by atoms with Crippen LogP contribution in [0.15, 0.2) is 12.1 Å². The third-order valence-corrected chi connectivity index (χ3v) is 4.41. The monoisotopic (exact) mass is 367 g/mol. The number of imide groups is 1. The molecule has 1 aromatic carbocycles. The van der Waals surface area contributed by atoms with Crippen LogP contribution in [0.2, 0.25) is 5.02 Å². The van der Waals surface area contributed by atoms with Gasteiger partial charge in [-0.25, -0.2) is 4.79 Å². The second kappa shape index (κ2) is 8.20. The second-order valence-corrected chi connectivity index (χ2v) is 6.29. The van der Waals surface area contributed by atoms with Gasteiger partial charge < -0.3 is 15.4 Å². The minimum Gasteiger partial charge on any atom is -0.495 e. The van der Waals surface area contributed by atoms with Crippen LogP contribution in [0.3, 0.4) is 0 Å². The van der Waals surface area contributed by atoms with Gasteiger partial charge in [0.2, 0.25) is 5.91 Å². The van der Waals surface area contributed by atoms with Crippen molar-refractivity contribution < 1.29 is 19.1 Å². The highest BCUT2D eigenvalue weighted by molar-refractivity contribution is 6.31. The van der Waals surface area contributed by atoms with E-state index < -0.39 is 12.1 Å². The van der Waals surface area contributed by atoms with Crippen molar-refractivity contribution in [2.45, 2.75) is 39.2 Å². The van der Waals surface area contributed by atoms with Gasteiger partial charge in [0.25, 0.3) is 5.91 Å². The Kier molecular flexibility index (Phi) is 6.25. The maximum absolute atomic E-state index is 12.2. The summed E-state index contributed by atoms with van der Waals surface area (Å²) < 4.78 is 5.21. The molecule has 1 atom stereocenters. The lowest BCUT2D eigenvalue weighted by Crippen LogP contribution is -2.34. The molecule has 7 nitrogen and oxygen atoms in total. The molecule has 0 spiro atoms. The number of hydrogen-bond donors (Lipinski definition) is 2. The second-order valence-electron chi connectivity index (χ2n) is 5.88. The lowest BCUT2D eigenvalue weighted by Gasteiger charge is -2.14. The largest absolute Gasteiger partial charge is 0.495 e. The number of methoxy groups -OCH3 is 1. The van der Waals surface area contributed by atoms with Crippen LogP contribution in [0, 0.1) is 6.92 Å². The Bertz CT molecular complexity index is 693. The van der Waals surface area contributed by atoms with E-state index in [0.717, 1.165) is 16.9 Å². The average Bonchev–Trinajstić information content (AvgIpc) is 2.83. The van der Waals surface area contributed by atoms with Crippen molar-refractivity contribution in [1.29, 1.82) is 0 Å². The Morgan fingerprint density at radius 3 is 2.76 bits per heavy atom. The van der Waals surface area contributed by atoms with Gasteiger partial charge in [0, 0.05) is 24.1 Å². The lowest BCUT2D eigenvalue weighted by atomic mass is 10.1. The van der Waals surface area contributed by atoms with E-state index >= 15 is 0 Å². The van der Waals surface area contributed by atoms with Gasteiger partial charge in [-0.1, -0.05) is 24.9 Å². The normalized spacial score (nSPS) is 16.8. The number of carbonyl (C=O) groups is 3. The van der Waals surface area contributed by atoms with Gasteiger partial charge in [-0.15, -0.1) is 0 Å². The number of ether oxygens (including phenoxy) is 1. The van der Waals surface area contributed by atoms with Crippen molar-refractivity contribution in [2.24, 2.45) is 0 Å². The molecule has 136 valence electrons. The van der Waals surface area contributed by atoms with Crippen LogP contribution in [0.5, 0.6) is 5.75 Å². The van der Waals surface area contributed by atoms with E-state index in [1.807, 2.05) is 13.8 Å². The number of nitrogens with one attached hydrogen (secondary N) is 2. The molecule has 1 aromatic rings. The number of urea groups is 1. The molecular formula is C17H22ClN3O4. The molecular weight excluding hydrogens is 346 g/mol. The first kappa shape index (κ1) is 19.1. The standard InChI is InChI=1S/C17H22ClN3O4/c1-4-5-12-16(23)21(17(24)20-12)7-6-15(22)19-13-8-10(2)11(18)9-14(13)25-3/h8-9,12H,4-7H2,1-3H3,(H,19,22)(H,20,24)/t12-/m1/s1. The summed E-state index contributed by atoms with van der Waals surface area (Å²) in [6.07, 6.45) is 1.39. The summed E-state index contributed by atoms with van der Waals surface area (Å²) in [5.74, 6) is -0.152. The average molecular weight is 368 g/mol. The lowest BCUT2D eigenvalue weighted by molar-refractivity contribution is -0.127. The van der Waals surface area contributed by atoms with Gasteiger partial charge in [0.1, 0.15) is 11.8 Å². The van der Waals surface area contributed by atoms with E-state index in [9.17, 15) is 14.4 Å². The van der Waals surface area contributed by atoms with Crippen LogP contribution in [-0.4, -0.2) is 42.4 Å². The number of anilines is 1. The van der Waals surface area contributed by atoms with E-state index in [1.165, 1.54) is 7.11 Å². The predicted molar refractivity (Wildman–Crippen MR) is 94.9 cm³/mol. The number of halogens is 1. The maximum Gasteiger partial charge on any atom is 0.324 e. The zero-order valence-corrected chi connectivity index (χ0v) is 15.3. The van der Waals surface area contributed by atoms with E-state index in [-0.39, 0.29) is 24.8 Å². The van der Waals surface area contributed by atoms with Crippen LogP contribution < -0.4 is 15.4 Å². The van der Waals surface area contributed by atoms with E-state index in [4.69, 9.17) is 16.3 Å². The summed E-state index contributed by atoms with van der Waals surface area (Å²) in [5.41, 5.74) is 1.30. The molecule has 2 rings (SSSR count). The quantitative estimate of drug-likeness (QED) is 0.725. The predicted octanol–water partition coefficient (Wildman–Crippen LogP) is 2.71. The molecule has 1 fully saturated rings. The Morgan fingerprint density at radius 2 is 2.12 bits per heavy atom. The minimum atomic E-state index is -0.487. The summed E-state index contributed by atoms with van der Waals surface area (Å²) in [4.78, 5) is 37.3. The molecule has 1 heterocycles. The molecule has 1 aliphatic rings. The number of hydrogen-bond acceptors (Lipinski definition) is 4. The van der Waals surface area contributed by atoms with Crippen LogP contribution in [0.4, 0.5) is 10.5 Å². The molecule has 25 heavy (non-hydrogen) atoms. The van der Waals surface area contributed by atoms with Crippen molar-refractivity contribution in [2.75, 3.05) is 19.0 Å². The summed E-state index contributed by atoms with van der Waals surface area (Å²) >= 11 is 6.04. The Balaban J connectivity index is 1.96. The molecule has 4 amide bonds. The highest BCUT2D eigenvalue weighted by Crippen LogP contribution is 2.31. The third kappa shape index (κ3) is 4.42. The molecule has 1 aliphatic heterocycles. The van der Waals surface area contributed by atoms with Crippen molar-refractivity contribution in [1.82, 2.24) is 10.2 Å². The summed E-state index contributed by atoms with van der Waals surface area (Å²) in [5, 5.41) is 5.90. The fourth-order valence-electron chi connectivity index (χ4n) is 2.63. The fourth-order valence-corrected chi connectivity index (χ4v) is 2.78. The van der Waals surface area contributed by atoms with Crippen molar-refractivity contribution in [3.63, 3.8) is 0 Å². The van der Waals surface area contributed by atoms with Crippen LogP contribution >= 0.6 is 11.6 Å². The van der Waals surface area contributed by atoms with Crippen molar-refractivity contribution in [3.8, 4) is 5.75 Å². The zero-order valence-electron chi connectivity index (χ0n) is 14.5. The molecule has 2 N–H and O–H groups in total. The number of benzene rings is 1. The number of amides is 4.